The van der Waals surface area contributed by atoms with Gasteiger partial charge in [-0.3, -0.25) is 9.59 Å². The number of rotatable bonds is 5. The first-order chi connectivity index (χ1) is 20.5. The summed E-state index contributed by atoms with van der Waals surface area (Å²) in [6.45, 7) is 5.83. The van der Waals surface area contributed by atoms with Gasteiger partial charge in [0.05, 0.1) is 28.4 Å². The van der Waals surface area contributed by atoms with Crippen molar-refractivity contribution in [3.63, 3.8) is 0 Å². The van der Waals surface area contributed by atoms with Crippen molar-refractivity contribution in [2.24, 2.45) is 5.41 Å². The molecule has 0 aromatic heterocycles. The van der Waals surface area contributed by atoms with Crippen LogP contribution in [0.3, 0.4) is 0 Å². The number of nitrogens with zero attached hydrogens (tertiary/aromatic N) is 1. The molecule has 3 aromatic rings. The Balaban J connectivity index is 1.70. The van der Waals surface area contributed by atoms with Gasteiger partial charge in [-0.1, -0.05) is 62.2 Å². The van der Waals surface area contributed by atoms with E-state index in [0.29, 0.717) is 22.7 Å². The first-order valence-electron chi connectivity index (χ1n) is 13.5. The molecule has 3 N–H and O–H groups in total. The second-order valence-electron chi connectivity index (χ2n) is 12.0. The van der Waals surface area contributed by atoms with Crippen LogP contribution in [0, 0.1) is 22.6 Å². The molecule has 4 atom stereocenters. The summed E-state index contributed by atoms with van der Waals surface area (Å²) < 4.78 is 59.7. The average molecular weight is 649 g/mol. The van der Waals surface area contributed by atoms with Gasteiger partial charge in [0.1, 0.15) is 11.2 Å². The van der Waals surface area contributed by atoms with E-state index in [0.717, 1.165) is 12.1 Å². The van der Waals surface area contributed by atoms with Gasteiger partial charge < -0.3 is 20.7 Å². The maximum atomic E-state index is 15.9. The molecule has 0 bridgehead atoms. The molecule has 5 rings (SSSR count). The Kier molecular flexibility index (Phi) is 8.08. The van der Waals surface area contributed by atoms with Gasteiger partial charge in [0, 0.05) is 28.7 Å². The fraction of sp³-hybridized carbons (Fsp3) is 0.323. The first-order valence-corrected chi connectivity index (χ1v) is 14.2. The molecular weight excluding hydrogens is 623 g/mol. The van der Waals surface area contributed by atoms with Gasteiger partial charge in [-0.15, -0.1) is 13.2 Å². The number of nitrogens with one attached hydrogen (secondary N) is 3. The van der Waals surface area contributed by atoms with Crippen molar-refractivity contribution in [3.8, 4) is 11.8 Å². The molecular formula is C31H26Cl2F4N4O3. The zero-order valence-corrected chi connectivity index (χ0v) is 25.1. The number of amides is 2. The van der Waals surface area contributed by atoms with Crippen LogP contribution < -0.4 is 20.7 Å². The van der Waals surface area contributed by atoms with Gasteiger partial charge in [0.25, 0.3) is 0 Å². The van der Waals surface area contributed by atoms with E-state index in [1.165, 1.54) is 24.3 Å². The summed E-state index contributed by atoms with van der Waals surface area (Å²) in [5.41, 5.74) is -1.64. The third-order valence-electron chi connectivity index (χ3n) is 7.82. The molecule has 0 unspecified atom stereocenters. The van der Waals surface area contributed by atoms with Crippen LogP contribution in [0.4, 0.5) is 28.9 Å². The van der Waals surface area contributed by atoms with Crippen molar-refractivity contribution < 1.29 is 31.9 Å². The highest BCUT2D eigenvalue weighted by molar-refractivity contribution is 6.31. The van der Waals surface area contributed by atoms with Gasteiger partial charge >= 0.3 is 6.36 Å². The van der Waals surface area contributed by atoms with E-state index in [9.17, 15) is 28.0 Å². The number of hydrogen-bond donors (Lipinski definition) is 3. The highest BCUT2D eigenvalue weighted by atomic mass is 35.5. The van der Waals surface area contributed by atoms with Crippen molar-refractivity contribution in [3.05, 3.63) is 87.2 Å². The summed E-state index contributed by atoms with van der Waals surface area (Å²) in [7, 11) is 0. The first kappa shape index (κ1) is 31.6. The van der Waals surface area contributed by atoms with Crippen LogP contribution in [0.1, 0.15) is 49.8 Å². The van der Waals surface area contributed by atoms with E-state index in [-0.39, 0.29) is 21.8 Å². The highest BCUT2D eigenvalue weighted by Crippen LogP contribution is 2.57. The van der Waals surface area contributed by atoms with Crippen LogP contribution in [0.25, 0.3) is 0 Å². The monoisotopic (exact) mass is 648 g/mol. The molecule has 13 heteroatoms. The maximum Gasteiger partial charge on any atom is 0.573 e. The summed E-state index contributed by atoms with van der Waals surface area (Å²) in [5.74, 6) is -4.24. The number of fused-ring (bicyclic) bond motifs is 2. The molecule has 230 valence electrons. The lowest BCUT2D eigenvalue weighted by Gasteiger charge is -2.37. The van der Waals surface area contributed by atoms with Gasteiger partial charge in [-0.05, 0) is 53.3 Å². The highest BCUT2D eigenvalue weighted by Gasteiger charge is 2.66. The largest absolute Gasteiger partial charge is 0.573 e. The zero-order chi connectivity index (χ0) is 32.2. The Morgan fingerprint density at radius 1 is 1.11 bits per heavy atom. The number of hydrogen-bond acceptors (Lipinski definition) is 5. The smallest absolute Gasteiger partial charge is 0.404 e. The lowest BCUT2D eigenvalue weighted by Crippen LogP contribution is -2.49. The van der Waals surface area contributed by atoms with Gasteiger partial charge in [0.15, 0.2) is 5.75 Å². The molecule has 2 aliphatic heterocycles. The quantitative estimate of drug-likeness (QED) is 0.252. The van der Waals surface area contributed by atoms with Crippen LogP contribution in [0.15, 0.2) is 54.6 Å². The number of halogens is 6. The summed E-state index contributed by atoms with van der Waals surface area (Å²) >= 11 is 12.4. The van der Waals surface area contributed by atoms with Crippen molar-refractivity contribution >= 4 is 46.4 Å². The molecule has 1 spiro atoms. The SMILES string of the molecule is CC(C)(C)C[C@@H]1N[C@@H](C(=O)Nc2ccc(C#N)cc2OC(F)(F)F)[C@H](c2cccc(Cl)c2F)[C@]12C(=O)Nc1cc(Cl)ccc12. The third kappa shape index (κ3) is 5.70. The lowest BCUT2D eigenvalue weighted by molar-refractivity contribution is -0.274. The molecule has 0 saturated carbocycles. The van der Waals surface area contributed by atoms with E-state index in [1.54, 1.807) is 24.3 Å². The van der Waals surface area contributed by atoms with Crippen molar-refractivity contribution in [2.45, 2.75) is 57.0 Å². The van der Waals surface area contributed by atoms with E-state index in [2.05, 4.69) is 20.7 Å². The normalized spacial score (nSPS) is 22.8. The molecule has 2 heterocycles. The average Bonchev–Trinajstić information content (AvgIpc) is 3.39. The maximum absolute atomic E-state index is 15.9. The number of nitriles is 1. The Labute approximate surface area is 260 Å². The summed E-state index contributed by atoms with van der Waals surface area (Å²) in [6, 6.07) is 11.8. The lowest BCUT2D eigenvalue weighted by atomic mass is 9.62. The predicted molar refractivity (Wildman–Crippen MR) is 157 cm³/mol. The van der Waals surface area contributed by atoms with E-state index in [4.69, 9.17) is 23.2 Å². The van der Waals surface area contributed by atoms with Crippen LogP contribution in [0.5, 0.6) is 5.75 Å². The van der Waals surface area contributed by atoms with E-state index >= 15 is 4.39 Å². The minimum Gasteiger partial charge on any atom is -0.404 e. The number of carbonyl (C=O) groups excluding carboxylic acids is 2. The standard InChI is InChI=1S/C31H26Cl2F4N4O3/c1-29(2,3)13-23-30(18-9-8-16(32)12-21(18)40-28(30)43)24(17-5-4-6-19(33)25(17)34)26(41-23)27(42)39-20-10-7-15(14-38)11-22(20)44-31(35,36)37/h4-12,23-24,26,41H,13H2,1-3H3,(H,39,42)(H,40,43)/t23-,24-,26+,30+/m0/s1. The Morgan fingerprint density at radius 2 is 1.84 bits per heavy atom. The summed E-state index contributed by atoms with van der Waals surface area (Å²) in [6.07, 6.45) is -4.79. The minimum atomic E-state index is -5.12. The van der Waals surface area contributed by atoms with Crippen molar-refractivity contribution in [1.82, 2.24) is 5.32 Å². The second-order valence-corrected chi connectivity index (χ2v) is 12.8. The third-order valence-corrected chi connectivity index (χ3v) is 8.34. The van der Waals surface area contributed by atoms with Gasteiger partial charge in [0.2, 0.25) is 11.8 Å². The second kappa shape index (κ2) is 11.3. The molecule has 0 aliphatic carbocycles. The molecule has 1 fully saturated rings. The van der Waals surface area contributed by atoms with E-state index in [1.807, 2.05) is 20.8 Å². The number of carbonyl (C=O) groups is 2. The number of anilines is 2. The van der Waals surface area contributed by atoms with Crippen molar-refractivity contribution in [2.75, 3.05) is 10.6 Å². The van der Waals surface area contributed by atoms with Crippen molar-refractivity contribution in [1.29, 1.82) is 5.26 Å². The van der Waals surface area contributed by atoms with Gasteiger partial charge in [-0.2, -0.15) is 5.26 Å². The molecule has 2 aliphatic rings. The fourth-order valence-corrected chi connectivity index (χ4v) is 6.62. The Bertz CT molecular complexity index is 1700. The Morgan fingerprint density at radius 3 is 2.50 bits per heavy atom. The molecule has 44 heavy (non-hydrogen) atoms. The molecule has 1 saturated heterocycles. The number of benzene rings is 3. The summed E-state index contributed by atoms with van der Waals surface area (Å²) in [5, 5.41) is 17.9. The van der Waals surface area contributed by atoms with Crippen LogP contribution >= 0.6 is 23.2 Å². The van der Waals surface area contributed by atoms with E-state index < -0.39 is 58.6 Å². The van der Waals surface area contributed by atoms with Crippen LogP contribution in [-0.4, -0.2) is 30.3 Å². The zero-order valence-electron chi connectivity index (χ0n) is 23.6. The predicted octanol–water partition coefficient (Wildman–Crippen LogP) is 7.29. The molecule has 0 radical (unpaired) electrons. The number of alkyl halides is 3. The molecule has 2 amide bonds. The topological polar surface area (TPSA) is 103 Å². The Hall–Kier alpha value is -3.85. The molecule has 3 aromatic carbocycles. The summed E-state index contributed by atoms with van der Waals surface area (Å²) in [4.78, 5) is 28.3. The van der Waals surface area contributed by atoms with Gasteiger partial charge in [-0.25, -0.2) is 4.39 Å². The number of ether oxygens (including phenoxy) is 1. The van der Waals surface area contributed by atoms with Crippen LogP contribution in [0.2, 0.25) is 10.0 Å². The fourth-order valence-electron chi connectivity index (χ4n) is 6.27. The molecule has 7 nitrogen and oxygen atoms in total. The van der Waals surface area contributed by atoms with Crippen LogP contribution in [-0.2, 0) is 15.0 Å². The minimum absolute atomic E-state index is 0.0360.